The number of thiophene rings is 2. The standard InChI is InChI=1S/C22H12IN2O2S2/c24-13-15-1-5-17(6-2-15)26-21-11-9-19(28-21)23-20-10-12-22(29-20)27-18-7-3-16(14-25)4-8-18/h1-12H/q+1. The van der Waals surface area contributed by atoms with Crippen LogP contribution in [0.15, 0.2) is 72.8 Å². The van der Waals surface area contributed by atoms with Crippen LogP contribution in [0.4, 0.5) is 0 Å². The summed E-state index contributed by atoms with van der Waals surface area (Å²) in [5.74, 6) is 1.45. The van der Waals surface area contributed by atoms with Gasteiger partial charge >= 0.3 is 21.2 Å². The summed E-state index contributed by atoms with van der Waals surface area (Å²) < 4.78 is 14.4. The molecule has 0 saturated carbocycles. The highest BCUT2D eigenvalue weighted by molar-refractivity contribution is 7.12. The van der Waals surface area contributed by atoms with Gasteiger partial charge in [-0.3, -0.25) is 0 Å². The van der Waals surface area contributed by atoms with Crippen LogP contribution >= 0.6 is 22.7 Å². The van der Waals surface area contributed by atoms with Crippen LogP contribution in [0.1, 0.15) is 11.1 Å². The summed E-state index contributed by atoms with van der Waals surface area (Å²) in [5.41, 5.74) is 1.23. The number of ether oxygens (including phenoxy) is 2. The van der Waals surface area contributed by atoms with Gasteiger partial charge in [0.1, 0.15) is 11.5 Å². The lowest BCUT2D eigenvalue weighted by atomic mass is 10.2. The summed E-state index contributed by atoms with van der Waals surface area (Å²) >= 11 is 2.99. The molecule has 29 heavy (non-hydrogen) atoms. The van der Waals surface area contributed by atoms with Crippen molar-refractivity contribution >= 4 is 22.7 Å². The Labute approximate surface area is 186 Å². The summed E-state index contributed by atoms with van der Waals surface area (Å²) in [5, 5.41) is 19.4. The third-order valence-corrected chi connectivity index (χ3v) is 9.33. The van der Waals surface area contributed by atoms with Crippen molar-refractivity contribution in [3.63, 3.8) is 0 Å². The molecule has 0 amide bonds. The van der Waals surface area contributed by atoms with E-state index in [1.54, 1.807) is 71.2 Å². The highest BCUT2D eigenvalue weighted by Gasteiger charge is 2.22. The monoisotopic (exact) mass is 527 g/mol. The van der Waals surface area contributed by atoms with Gasteiger partial charge in [-0.05, 0) is 60.7 Å². The third-order valence-electron chi connectivity index (χ3n) is 3.69. The fourth-order valence-corrected chi connectivity index (χ4v) is 8.26. The first-order valence-corrected chi connectivity index (χ1v) is 12.2. The second-order valence-electron chi connectivity index (χ2n) is 5.69. The fraction of sp³-hybridized carbons (Fsp3) is 0. The van der Waals surface area contributed by atoms with E-state index in [1.807, 2.05) is 12.1 Å². The van der Waals surface area contributed by atoms with E-state index >= 15 is 0 Å². The van der Waals surface area contributed by atoms with Crippen molar-refractivity contribution in [2.24, 2.45) is 0 Å². The molecule has 2 heterocycles. The molecule has 0 radical (unpaired) electrons. The predicted molar refractivity (Wildman–Crippen MR) is 108 cm³/mol. The zero-order valence-corrected chi connectivity index (χ0v) is 18.6. The van der Waals surface area contributed by atoms with Gasteiger partial charge < -0.3 is 9.47 Å². The number of hydrogen-bond donors (Lipinski definition) is 0. The lowest BCUT2D eigenvalue weighted by Gasteiger charge is -2.01. The molecule has 0 saturated heterocycles. The fourth-order valence-electron chi connectivity index (χ4n) is 2.33. The number of rotatable bonds is 6. The molecule has 2 aromatic carbocycles. The lowest BCUT2D eigenvalue weighted by molar-refractivity contribution is -0.585. The summed E-state index contributed by atoms with van der Waals surface area (Å²) in [4.78, 5) is 0. The molecule has 0 aliphatic heterocycles. The van der Waals surface area contributed by atoms with E-state index < -0.39 is 0 Å². The first kappa shape index (κ1) is 19.5. The Morgan fingerprint density at radius 2 is 1.00 bits per heavy atom. The number of hydrogen-bond acceptors (Lipinski definition) is 6. The van der Waals surface area contributed by atoms with Crippen molar-refractivity contribution in [3.8, 4) is 33.8 Å². The molecular weight excluding hydrogens is 515 g/mol. The van der Waals surface area contributed by atoms with E-state index in [-0.39, 0.29) is 21.2 Å². The molecule has 4 rings (SSSR count). The maximum absolute atomic E-state index is 8.86. The molecule has 4 nitrogen and oxygen atoms in total. The minimum atomic E-state index is -0.307. The molecule has 140 valence electrons. The molecule has 0 aliphatic rings. The highest BCUT2D eigenvalue weighted by atomic mass is 127. The molecule has 0 spiro atoms. The van der Waals surface area contributed by atoms with Gasteiger partial charge in [0.05, 0.1) is 23.3 Å². The van der Waals surface area contributed by atoms with E-state index in [0.717, 1.165) is 21.6 Å². The van der Waals surface area contributed by atoms with Gasteiger partial charge in [-0.15, -0.1) is 0 Å². The number of nitriles is 2. The van der Waals surface area contributed by atoms with Crippen molar-refractivity contribution in [3.05, 3.63) is 89.7 Å². The van der Waals surface area contributed by atoms with Gasteiger partial charge in [-0.2, -0.15) is 10.5 Å². The Balaban J connectivity index is 1.37. The van der Waals surface area contributed by atoms with E-state index in [1.165, 1.54) is 5.77 Å². The smallest absolute Gasteiger partial charge is 0.381 e. The van der Waals surface area contributed by atoms with Gasteiger partial charge in [0, 0.05) is 12.1 Å². The van der Waals surface area contributed by atoms with Crippen LogP contribution in [0.5, 0.6) is 21.6 Å². The number of halogens is 1. The van der Waals surface area contributed by atoms with Gasteiger partial charge in [0.25, 0.3) is 5.77 Å². The minimum absolute atomic E-state index is 0.307. The van der Waals surface area contributed by atoms with Crippen LogP contribution in [0.25, 0.3) is 0 Å². The highest BCUT2D eigenvalue weighted by Crippen LogP contribution is 2.28. The maximum atomic E-state index is 8.86. The molecule has 7 heteroatoms. The zero-order valence-electron chi connectivity index (χ0n) is 14.8. The van der Waals surface area contributed by atoms with Gasteiger partial charge in [-0.1, -0.05) is 22.7 Å². The average molecular weight is 527 g/mol. The molecule has 0 fully saturated rings. The van der Waals surface area contributed by atoms with Crippen molar-refractivity contribution in [1.82, 2.24) is 0 Å². The Morgan fingerprint density at radius 1 is 0.586 bits per heavy atom. The molecule has 0 N–H and O–H groups in total. The van der Waals surface area contributed by atoms with E-state index in [0.29, 0.717) is 11.1 Å². The van der Waals surface area contributed by atoms with Crippen LogP contribution in [0.3, 0.4) is 0 Å². The normalized spacial score (nSPS) is 10.1. The second-order valence-corrected chi connectivity index (χ2v) is 12.1. The van der Waals surface area contributed by atoms with Crippen molar-refractivity contribution in [2.45, 2.75) is 0 Å². The first-order chi connectivity index (χ1) is 14.2. The van der Waals surface area contributed by atoms with Crippen molar-refractivity contribution in [1.29, 1.82) is 10.5 Å². The Hall–Kier alpha value is -2.85. The topological polar surface area (TPSA) is 66.0 Å². The van der Waals surface area contributed by atoms with Gasteiger partial charge in [-0.25, -0.2) is 0 Å². The maximum Gasteiger partial charge on any atom is 0.381 e. The van der Waals surface area contributed by atoms with Crippen molar-refractivity contribution < 1.29 is 30.7 Å². The Morgan fingerprint density at radius 3 is 1.38 bits per heavy atom. The van der Waals surface area contributed by atoms with E-state index in [9.17, 15) is 0 Å². The summed E-state index contributed by atoms with van der Waals surface area (Å²) in [6.07, 6.45) is 0. The molecule has 0 atom stereocenters. The number of benzene rings is 2. The lowest BCUT2D eigenvalue weighted by Crippen LogP contribution is -3.61. The molecule has 0 aliphatic carbocycles. The molecule has 0 bridgehead atoms. The second kappa shape index (κ2) is 9.10. The molecule has 0 unspecified atom stereocenters. The van der Waals surface area contributed by atoms with Crippen LogP contribution in [0.2, 0.25) is 0 Å². The van der Waals surface area contributed by atoms with Crippen LogP contribution in [0, 0.1) is 28.4 Å². The van der Waals surface area contributed by atoms with Crippen LogP contribution in [-0.2, 0) is 0 Å². The minimum Gasteiger partial charge on any atom is -0.447 e. The van der Waals surface area contributed by atoms with Gasteiger partial charge in [0.15, 0.2) is 10.1 Å². The van der Waals surface area contributed by atoms with Crippen LogP contribution < -0.4 is 30.7 Å². The van der Waals surface area contributed by atoms with E-state index in [4.69, 9.17) is 20.0 Å². The predicted octanol–water partition coefficient (Wildman–Crippen LogP) is 3.27. The largest absolute Gasteiger partial charge is 0.447 e. The Kier molecular flexibility index (Phi) is 6.11. The summed E-state index contributed by atoms with van der Waals surface area (Å²) in [6, 6.07) is 26.6. The third kappa shape index (κ3) is 5.15. The first-order valence-electron chi connectivity index (χ1n) is 8.42. The summed E-state index contributed by atoms with van der Waals surface area (Å²) in [7, 11) is 0. The SMILES string of the molecule is N#Cc1ccc(Oc2ccc([I+]c3ccc(Oc4ccc(C#N)cc4)s3)s2)cc1. The average Bonchev–Trinajstić information content (AvgIpc) is 3.38. The van der Waals surface area contributed by atoms with Crippen molar-refractivity contribution in [2.75, 3.05) is 0 Å². The van der Waals surface area contributed by atoms with E-state index in [2.05, 4.69) is 24.3 Å². The van der Waals surface area contributed by atoms with Gasteiger partial charge in [0.2, 0.25) is 0 Å². The quantitative estimate of drug-likeness (QED) is 0.361. The Bertz CT molecular complexity index is 1100. The molecule has 4 aromatic rings. The molecular formula is C22H12IN2O2S2+. The zero-order chi connectivity index (χ0) is 20.1. The summed E-state index contributed by atoms with van der Waals surface area (Å²) in [6.45, 7) is 0. The van der Waals surface area contributed by atoms with Crippen LogP contribution in [-0.4, -0.2) is 0 Å². The molecule has 2 aromatic heterocycles. The number of nitrogens with zero attached hydrogens (tertiary/aromatic N) is 2.